The van der Waals surface area contributed by atoms with Crippen LogP contribution in [-0.2, 0) is 0 Å². The van der Waals surface area contributed by atoms with Gasteiger partial charge in [-0.05, 0) is 51.0 Å². The number of rotatable bonds is 8. The Labute approximate surface area is 181 Å². The van der Waals surface area contributed by atoms with Crippen LogP contribution >= 0.6 is 0 Å². The summed E-state index contributed by atoms with van der Waals surface area (Å²) in [5.74, 6) is -0.367. The third-order valence-corrected chi connectivity index (χ3v) is 5.17. The molecule has 0 unspecified atom stereocenters. The van der Waals surface area contributed by atoms with Crippen LogP contribution in [-0.4, -0.2) is 25.5 Å². The van der Waals surface area contributed by atoms with Crippen molar-refractivity contribution in [1.82, 2.24) is 19.8 Å². The maximum atomic E-state index is 14.7. The first-order valence-electron chi connectivity index (χ1n) is 10.7. The van der Waals surface area contributed by atoms with Crippen molar-refractivity contribution in [3.63, 3.8) is 0 Å². The van der Waals surface area contributed by atoms with Gasteiger partial charge in [0.2, 0.25) is 0 Å². The number of hydrogen-bond acceptors (Lipinski definition) is 4. The number of aromatic nitrogens is 4. The molecule has 0 aliphatic rings. The van der Waals surface area contributed by atoms with Gasteiger partial charge in [-0.2, -0.15) is 9.61 Å². The quantitative estimate of drug-likeness (QED) is 0.308. The van der Waals surface area contributed by atoms with E-state index in [1.807, 2.05) is 39.8 Å². The molecule has 0 saturated carbocycles. The van der Waals surface area contributed by atoms with E-state index in [-0.39, 0.29) is 11.5 Å². The van der Waals surface area contributed by atoms with Crippen LogP contribution in [0.1, 0.15) is 83.3 Å². The van der Waals surface area contributed by atoms with Crippen LogP contribution in [0.3, 0.4) is 0 Å². The van der Waals surface area contributed by atoms with E-state index in [9.17, 15) is 8.78 Å². The molecule has 0 spiro atoms. The Morgan fingerprint density at radius 3 is 2.52 bits per heavy atom. The van der Waals surface area contributed by atoms with Crippen LogP contribution in [0.15, 0.2) is 35.3 Å². The van der Waals surface area contributed by atoms with Gasteiger partial charge in [0.1, 0.15) is 11.6 Å². The first kappa shape index (κ1) is 22.7. The average Bonchev–Trinajstić information content (AvgIpc) is 3.16. The molecule has 2 heterocycles. The lowest BCUT2D eigenvalue weighted by atomic mass is 10.0. The minimum absolute atomic E-state index is 0.148. The molecule has 0 aliphatic carbocycles. The van der Waals surface area contributed by atoms with Crippen LogP contribution < -0.4 is 0 Å². The van der Waals surface area contributed by atoms with Gasteiger partial charge in [0, 0.05) is 28.8 Å². The summed E-state index contributed by atoms with van der Waals surface area (Å²) in [6.45, 7) is 9.99. The van der Waals surface area contributed by atoms with E-state index >= 15 is 0 Å². The van der Waals surface area contributed by atoms with Crippen molar-refractivity contribution < 1.29 is 8.78 Å². The fraction of sp³-hybridized carbons (Fsp3) is 0.417. The summed E-state index contributed by atoms with van der Waals surface area (Å²) >= 11 is 0. The van der Waals surface area contributed by atoms with Crippen LogP contribution in [0.5, 0.6) is 0 Å². The number of benzene rings is 1. The molecule has 0 aliphatic heterocycles. The molecule has 0 saturated heterocycles. The van der Waals surface area contributed by atoms with Crippen molar-refractivity contribution in [3.05, 3.63) is 59.0 Å². The largest absolute Gasteiger partial charge is 0.257 e. The molecule has 0 atom stereocenters. The Kier molecular flexibility index (Phi) is 7.25. The smallest absolute Gasteiger partial charge is 0.177 e. The molecule has 2 aromatic heterocycles. The highest BCUT2D eigenvalue weighted by Gasteiger charge is 2.16. The Hall–Kier alpha value is -2.96. The summed E-state index contributed by atoms with van der Waals surface area (Å²) in [5.41, 5.74) is 3.60. The number of nitrogens with zero attached hydrogens (tertiary/aromatic N) is 5. The zero-order valence-electron chi connectivity index (χ0n) is 18.8. The topological polar surface area (TPSA) is 55.4 Å². The first-order chi connectivity index (χ1) is 14.8. The molecular weight excluding hydrogens is 396 g/mol. The summed E-state index contributed by atoms with van der Waals surface area (Å²) in [5, 5.41) is 13.1. The zero-order valence-corrected chi connectivity index (χ0v) is 18.8. The lowest BCUT2D eigenvalue weighted by Gasteiger charge is -2.12. The van der Waals surface area contributed by atoms with Gasteiger partial charge in [0.25, 0.3) is 0 Å². The predicted octanol–water partition coefficient (Wildman–Crippen LogP) is 6.46. The number of halogens is 2. The van der Waals surface area contributed by atoms with Crippen molar-refractivity contribution in [3.8, 4) is 0 Å². The number of fused-ring (bicyclic) bond motifs is 1. The van der Waals surface area contributed by atoms with E-state index in [2.05, 4.69) is 17.1 Å². The van der Waals surface area contributed by atoms with Crippen LogP contribution in [0.25, 0.3) is 16.9 Å². The third kappa shape index (κ3) is 5.21. The van der Waals surface area contributed by atoms with Crippen molar-refractivity contribution in [2.24, 2.45) is 4.99 Å². The third-order valence-electron chi connectivity index (χ3n) is 5.17. The average molecular weight is 426 g/mol. The normalized spacial score (nSPS) is 13.2. The molecule has 31 heavy (non-hydrogen) atoms. The van der Waals surface area contributed by atoms with Crippen LogP contribution in [0.2, 0.25) is 0 Å². The predicted molar refractivity (Wildman–Crippen MR) is 121 cm³/mol. The monoisotopic (exact) mass is 425 g/mol. The van der Waals surface area contributed by atoms with Gasteiger partial charge >= 0.3 is 0 Å². The van der Waals surface area contributed by atoms with E-state index in [1.54, 1.807) is 4.52 Å². The van der Waals surface area contributed by atoms with Crippen molar-refractivity contribution in [2.75, 3.05) is 0 Å². The molecule has 5 nitrogen and oxygen atoms in total. The molecule has 0 bridgehead atoms. The summed E-state index contributed by atoms with van der Waals surface area (Å²) in [6, 6.07) is 7.23. The Bertz CT molecular complexity index is 1130. The van der Waals surface area contributed by atoms with E-state index in [4.69, 9.17) is 10.1 Å². The standard InChI is InChI=1S/C24H29F2N5/c1-6-7-8-9-16(4)27-23(19-11-10-18(25)14-20(19)26)17(5)21-12-13-22-28-29-24(15(2)3)31(22)30-21/h10-15H,6-9H2,1-5H3/b23-17+,27-16?. The minimum Gasteiger partial charge on any atom is -0.257 e. The molecule has 0 amide bonds. The van der Waals surface area contributed by atoms with Gasteiger partial charge in [-0.3, -0.25) is 4.99 Å². The van der Waals surface area contributed by atoms with Gasteiger partial charge in [-0.25, -0.2) is 8.78 Å². The van der Waals surface area contributed by atoms with E-state index in [1.165, 1.54) is 12.1 Å². The summed E-state index contributed by atoms with van der Waals surface area (Å²) in [7, 11) is 0. The lowest BCUT2D eigenvalue weighted by Crippen LogP contribution is -2.04. The van der Waals surface area contributed by atoms with Gasteiger partial charge in [0.05, 0.1) is 11.4 Å². The van der Waals surface area contributed by atoms with E-state index < -0.39 is 11.6 Å². The highest BCUT2D eigenvalue weighted by Crippen LogP contribution is 2.29. The van der Waals surface area contributed by atoms with Gasteiger partial charge in [-0.1, -0.05) is 33.6 Å². The van der Waals surface area contributed by atoms with Gasteiger partial charge < -0.3 is 0 Å². The van der Waals surface area contributed by atoms with E-state index in [0.29, 0.717) is 22.6 Å². The molecular formula is C24H29F2N5. The van der Waals surface area contributed by atoms with E-state index in [0.717, 1.165) is 43.3 Å². The number of hydrogen-bond donors (Lipinski definition) is 0. The highest BCUT2D eigenvalue weighted by molar-refractivity contribution is 5.95. The number of allylic oxidation sites excluding steroid dienone is 1. The van der Waals surface area contributed by atoms with Crippen molar-refractivity contribution in [2.45, 2.75) is 66.2 Å². The van der Waals surface area contributed by atoms with Crippen LogP contribution in [0.4, 0.5) is 8.78 Å². The zero-order chi connectivity index (χ0) is 22.5. The second-order valence-electron chi connectivity index (χ2n) is 8.10. The SMILES string of the molecule is CCCCCC(C)=N/C(=C(\C)c1ccc2nnc(C(C)C)n2n1)c1ccc(F)cc1F. The van der Waals surface area contributed by atoms with Crippen molar-refractivity contribution in [1.29, 1.82) is 0 Å². The van der Waals surface area contributed by atoms with Gasteiger partial charge in [-0.15, -0.1) is 10.2 Å². The molecule has 0 fully saturated rings. The second kappa shape index (κ2) is 9.90. The molecule has 3 rings (SSSR count). The van der Waals surface area contributed by atoms with Crippen LogP contribution in [0, 0.1) is 11.6 Å². The van der Waals surface area contributed by atoms with Gasteiger partial charge in [0.15, 0.2) is 11.5 Å². The molecule has 1 aromatic carbocycles. The number of unbranched alkanes of at least 4 members (excludes halogenated alkanes) is 2. The number of aliphatic imine (C=N–C) groups is 1. The lowest BCUT2D eigenvalue weighted by molar-refractivity contribution is 0.581. The molecule has 0 N–H and O–H groups in total. The Morgan fingerprint density at radius 2 is 1.84 bits per heavy atom. The minimum atomic E-state index is -0.646. The summed E-state index contributed by atoms with van der Waals surface area (Å²) in [4.78, 5) is 4.76. The fourth-order valence-electron chi connectivity index (χ4n) is 3.39. The summed E-state index contributed by atoms with van der Waals surface area (Å²) in [6.07, 6.45) is 4.07. The summed E-state index contributed by atoms with van der Waals surface area (Å²) < 4.78 is 30.0. The molecule has 3 aromatic rings. The maximum absolute atomic E-state index is 14.7. The fourth-order valence-corrected chi connectivity index (χ4v) is 3.39. The maximum Gasteiger partial charge on any atom is 0.177 e. The van der Waals surface area contributed by atoms with Crippen molar-refractivity contribution >= 4 is 22.6 Å². The highest BCUT2D eigenvalue weighted by atomic mass is 19.1. The molecule has 0 radical (unpaired) electrons. The molecule has 7 heteroatoms. The second-order valence-corrected chi connectivity index (χ2v) is 8.10. The Balaban J connectivity index is 2.15. The molecule has 164 valence electrons. The Morgan fingerprint density at radius 1 is 1.06 bits per heavy atom. The first-order valence-corrected chi connectivity index (χ1v) is 10.7.